The largest absolute Gasteiger partial charge is 0.340 e. The number of H-pyrrole nitrogens is 1. The van der Waals surface area contributed by atoms with Crippen LogP contribution in [0.3, 0.4) is 0 Å². The highest BCUT2D eigenvalue weighted by atomic mass is 15.2. The summed E-state index contributed by atoms with van der Waals surface area (Å²) in [6, 6.07) is 18.0. The van der Waals surface area contributed by atoms with E-state index >= 15 is 0 Å². The number of nitrogens with zero attached hydrogens (tertiary/aromatic N) is 3. The molecule has 0 bridgehead atoms. The number of rotatable bonds is 6. The number of hydrogen-bond donors (Lipinski definition) is 4. The molecule has 7 nitrogen and oxygen atoms in total. The Bertz CT molecular complexity index is 1010. The number of nitrogens with two attached hydrogens (primary N) is 1. The van der Waals surface area contributed by atoms with E-state index < -0.39 is 0 Å². The number of fused-ring (bicyclic) bond motifs is 1. The molecular weight excluding hydrogens is 326 g/mol. The summed E-state index contributed by atoms with van der Waals surface area (Å²) in [5, 5.41) is 14.8. The molecule has 2 heterocycles. The molecule has 0 aliphatic carbocycles. The van der Waals surface area contributed by atoms with Gasteiger partial charge in [0.1, 0.15) is 23.3 Å². The highest BCUT2D eigenvalue weighted by molar-refractivity contribution is 5.98. The molecule has 130 valence electrons. The molecule has 0 spiro atoms. The molecule has 4 aromatic rings. The zero-order valence-electron chi connectivity index (χ0n) is 14.1. The van der Waals surface area contributed by atoms with Gasteiger partial charge in [0.05, 0.1) is 0 Å². The fourth-order valence-electron chi connectivity index (χ4n) is 2.82. The zero-order chi connectivity index (χ0) is 17.8. The Hall–Kier alpha value is -3.45. The number of hydrogen-bond acceptors (Lipinski definition) is 6. The van der Waals surface area contributed by atoms with Gasteiger partial charge < -0.3 is 16.4 Å². The zero-order valence-corrected chi connectivity index (χ0v) is 14.1. The van der Waals surface area contributed by atoms with Crippen LogP contribution in [-0.2, 0) is 6.42 Å². The molecule has 2 aromatic carbocycles. The fraction of sp³-hybridized carbons (Fsp3) is 0.105. The lowest BCUT2D eigenvalue weighted by atomic mass is 10.1. The van der Waals surface area contributed by atoms with Gasteiger partial charge in [-0.1, -0.05) is 30.3 Å². The minimum atomic E-state index is 0.596. The van der Waals surface area contributed by atoms with Crippen molar-refractivity contribution in [3.8, 4) is 0 Å². The summed E-state index contributed by atoms with van der Waals surface area (Å²) >= 11 is 0. The van der Waals surface area contributed by atoms with E-state index in [2.05, 4.69) is 42.9 Å². The summed E-state index contributed by atoms with van der Waals surface area (Å²) in [5.41, 5.74) is 9.33. The van der Waals surface area contributed by atoms with Crippen molar-refractivity contribution in [1.82, 2.24) is 20.2 Å². The number of aromatic nitrogens is 4. The minimum absolute atomic E-state index is 0.596. The Kier molecular flexibility index (Phi) is 4.44. The predicted molar refractivity (Wildman–Crippen MR) is 104 cm³/mol. The van der Waals surface area contributed by atoms with E-state index in [1.54, 1.807) is 0 Å². The lowest BCUT2D eigenvalue weighted by Crippen LogP contribution is -2.03. The van der Waals surface area contributed by atoms with E-state index in [0.29, 0.717) is 18.0 Å². The van der Waals surface area contributed by atoms with Crippen LogP contribution >= 0.6 is 0 Å². The molecule has 26 heavy (non-hydrogen) atoms. The third kappa shape index (κ3) is 3.33. The molecule has 0 atom stereocenters. The summed E-state index contributed by atoms with van der Waals surface area (Å²) in [6.07, 6.45) is 2.34. The standard InChI is InChI=1S/C19H19N7/c20-10-9-13-5-4-8-15(11-13)24-17-16-18(22-12-21-17)25-26-19(16)23-14-6-2-1-3-7-14/h1-8,11-12H,9-10,20H2,(H3,21,22,23,24,25,26). The molecule has 2 aromatic heterocycles. The van der Waals surface area contributed by atoms with Gasteiger partial charge in [0, 0.05) is 11.4 Å². The molecule has 0 unspecified atom stereocenters. The van der Waals surface area contributed by atoms with Crippen LogP contribution in [0, 0.1) is 0 Å². The number of benzene rings is 2. The van der Waals surface area contributed by atoms with Gasteiger partial charge in [-0.3, -0.25) is 5.10 Å². The molecule has 0 saturated carbocycles. The minimum Gasteiger partial charge on any atom is -0.340 e. The lowest BCUT2D eigenvalue weighted by Gasteiger charge is -2.10. The van der Waals surface area contributed by atoms with Gasteiger partial charge >= 0.3 is 0 Å². The first-order valence-electron chi connectivity index (χ1n) is 8.40. The number of aromatic amines is 1. The van der Waals surface area contributed by atoms with Crippen LogP contribution < -0.4 is 16.4 Å². The van der Waals surface area contributed by atoms with E-state index in [9.17, 15) is 0 Å². The van der Waals surface area contributed by atoms with Crippen LogP contribution in [0.4, 0.5) is 23.0 Å². The van der Waals surface area contributed by atoms with Crippen LogP contribution in [0.15, 0.2) is 60.9 Å². The maximum absolute atomic E-state index is 5.66. The van der Waals surface area contributed by atoms with Crippen LogP contribution in [0.1, 0.15) is 5.56 Å². The van der Waals surface area contributed by atoms with E-state index in [4.69, 9.17) is 5.73 Å². The molecule has 0 fully saturated rings. The Morgan fingerprint density at radius 1 is 0.923 bits per heavy atom. The Morgan fingerprint density at radius 3 is 2.62 bits per heavy atom. The van der Waals surface area contributed by atoms with Crippen molar-refractivity contribution < 1.29 is 0 Å². The lowest BCUT2D eigenvalue weighted by molar-refractivity contribution is 0.969. The Balaban J connectivity index is 1.69. The fourth-order valence-corrected chi connectivity index (χ4v) is 2.82. The van der Waals surface area contributed by atoms with Crippen molar-refractivity contribution >= 4 is 34.0 Å². The summed E-state index contributed by atoms with van der Waals surface area (Å²) in [4.78, 5) is 8.65. The quantitative estimate of drug-likeness (QED) is 0.427. The average molecular weight is 345 g/mol. The van der Waals surface area contributed by atoms with E-state index in [0.717, 1.165) is 29.0 Å². The normalized spacial score (nSPS) is 10.8. The van der Waals surface area contributed by atoms with Gasteiger partial charge in [0.2, 0.25) is 0 Å². The highest BCUT2D eigenvalue weighted by Gasteiger charge is 2.13. The van der Waals surface area contributed by atoms with Gasteiger partial charge in [-0.15, -0.1) is 0 Å². The van der Waals surface area contributed by atoms with Crippen molar-refractivity contribution in [3.05, 3.63) is 66.5 Å². The summed E-state index contributed by atoms with van der Waals surface area (Å²) in [7, 11) is 0. The monoisotopic (exact) mass is 345 g/mol. The van der Waals surface area contributed by atoms with Crippen molar-refractivity contribution in [2.75, 3.05) is 17.2 Å². The number of para-hydroxylation sites is 1. The summed E-state index contributed by atoms with van der Waals surface area (Å²) in [6.45, 7) is 0.619. The Labute approximate surface area is 150 Å². The molecular formula is C19H19N7. The molecule has 0 saturated heterocycles. The first kappa shape index (κ1) is 16.0. The maximum Gasteiger partial charge on any atom is 0.188 e. The molecule has 0 aliphatic rings. The van der Waals surface area contributed by atoms with E-state index in [1.807, 2.05) is 42.5 Å². The molecule has 0 amide bonds. The van der Waals surface area contributed by atoms with E-state index in [1.165, 1.54) is 11.9 Å². The van der Waals surface area contributed by atoms with Crippen LogP contribution in [-0.4, -0.2) is 26.7 Å². The molecule has 4 rings (SSSR count). The van der Waals surface area contributed by atoms with Crippen molar-refractivity contribution in [2.24, 2.45) is 5.73 Å². The van der Waals surface area contributed by atoms with Gasteiger partial charge in [0.25, 0.3) is 0 Å². The first-order chi connectivity index (χ1) is 12.8. The average Bonchev–Trinajstić information content (AvgIpc) is 3.07. The summed E-state index contributed by atoms with van der Waals surface area (Å²) < 4.78 is 0. The third-order valence-electron chi connectivity index (χ3n) is 4.02. The number of nitrogens with one attached hydrogen (secondary N) is 3. The van der Waals surface area contributed by atoms with Gasteiger partial charge in [0.15, 0.2) is 5.65 Å². The van der Waals surface area contributed by atoms with Crippen LogP contribution in [0.25, 0.3) is 11.0 Å². The van der Waals surface area contributed by atoms with Crippen molar-refractivity contribution in [3.63, 3.8) is 0 Å². The van der Waals surface area contributed by atoms with E-state index in [-0.39, 0.29) is 0 Å². The van der Waals surface area contributed by atoms with Gasteiger partial charge in [-0.2, -0.15) is 5.10 Å². The molecule has 0 aliphatic heterocycles. The van der Waals surface area contributed by atoms with Crippen molar-refractivity contribution in [2.45, 2.75) is 6.42 Å². The SMILES string of the molecule is NCCc1cccc(Nc2ncnc3n[nH]c(Nc4ccccc4)c23)c1. The molecule has 7 heteroatoms. The van der Waals surface area contributed by atoms with Gasteiger partial charge in [-0.25, -0.2) is 9.97 Å². The van der Waals surface area contributed by atoms with Gasteiger partial charge in [-0.05, 0) is 42.8 Å². The third-order valence-corrected chi connectivity index (χ3v) is 4.02. The second-order valence-electron chi connectivity index (χ2n) is 5.87. The Morgan fingerprint density at radius 2 is 1.77 bits per heavy atom. The smallest absolute Gasteiger partial charge is 0.188 e. The van der Waals surface area contributed by atoms with Crippen LogP contribution in [0.2, 0.25) is 0 Å². The summed E-state index contributed by atoms with van der Waals surface area (Å²) in [5.74, 6) is 1.43. The highest BCUT2D eigenvalue weighted by Crippen LogP contribution is 2.29. The second-order valence-corrected chi connectivity index (χ2v) is 5.87. The van der Waals surface area contributed by atoms with Crippen molar-refractivity contribution in [1.29, 1.82) is 0 Å². The second kappa shape index (κ2) is 7.20. The first-order valence-corrected chi connectivity index (χ1v) is 8.40. The topological polar surface area (TPSA) is 105 Å². The molecule has 5 N–H and O–H groups in total. The maximum atomic E-state index is 5.66. The number of anilines is 4. The predicted octanol–water partition coefficient (Wildman–Crippen LogP) is 3.34. The van der Waals surface area contributed by atoms with Crippen LogP contribution in [0.5, 0.6) is 0 Å². The molecule has 0 radical (unpaired) electrons.